The first-order chi connectivity index (χ1) is 11.1. The van der Waals surface area contributed by atoms with E-state index in [4.69, 9.17) is 0 Å². The quantitative estimate of drug-likeness (QED) is 0.734. The van der Waals surface area contributed by atoms with Gasteiger partial charge in [0.15, 0.2) is 0 Å². The highest BCUT2D eigenvalue weighted by molar-refractivity contribution is 7.98. The van der Waals surface area contributed by atoms with Gasteiger partial charge in [-0.25, -0.2) is 4.68 Å². The van der Waals surface area contributed by atoms with Crippen molar-refractivity contribution < 1.29 is 0 Å². The third-order valence-electron chi connectivity index (χ3n) is 4.05. The lowest BCUT2D eigenvalue weighted by Crippen LogP contribution is -2.30. The molecule has 1 heterocycles. The normalized spacial score (nSPS) is 13.8. The molecule has 0 saturated heterocycles. The number of hydrogen-bond donors (Lipinski definition) is 0. The van der Waals surface area contributed by atoms with Crippen LogP contribution in [0, 0.1) is 5.92 Å². The van der Waals surface area contributed by atoms with Crippen molar-refractivity contribution in [2.24, 2.45) is 5.92 Å². The molecule has 0 atom stereocenters. The predicted molar refractivity (Wildman–Crippen MR) is 103 cm³/mol. The van der Waals surface area contributed by atoms with E-state index in [1.165, 1.54) is 17.7 Å². The van der Waals surface area contributed by atoms with Crippen molar-refractivity contribution >= 4 is 24.2 Å². The molecule has 3 rings (SSSR count). The molecule has 130 valence electrons. The summed E-state index contributed by atoms with van der Waals surface area (Å²) in [5.74, 6) is 0.626. The van der Waals surface area contributed by atoms with Gasteiger partial charge in [0.05, 0.1) is 5.69 Å². The summed E-state index contributed by atoms with van der Waals surface area (Å²) in [5.41, 5.74) is 2.81. The summed E-state index contributed by atoms with van der Waals surface area (Å²) in [6.07, 6.45) is 4.49. The molecular formula is C18H24ClN3OS. The fourth-order valence-electron chi connectivity index (χ4n) is 2.62. The molecule has 0 radical (unpaired) electrons. The lowest BCUT2D eigenvalue weighted by Gasteiger charge is -2.13. The van der Waals surface area contributed by atoms with Gasteiger partial charge in [-0.1, -0.05) is 12.1 Å². The molecule has 1 aromatic heterocycles. The van der Waals surface area contributed by atoms with Gasteiger partial charge in [0.1, 0.15) is 0 Å². The van der Waals surface area contributed by atoms with Gasteiger partial charge in [-0.2, -0.15) is 5.10 Å². The lowest BCUT2D eigenvalue weighted by molar-refractivity contribution is 0.395. The molecule has 0 unspecified atom stereocenters. The van der Waals surface area contributed by atoms with Crippen LogP contribution < -0.4 is 5.56 Å². The van der Waals surface area contributed by atoms with Gasteiger partial charge in [-0.15, -0.1) is 24.2 Å². The molecule has 0 bridgehead atoms. The van der Waals surface area contributed by atoms with E-state index >= 15 is 0 Å². The first kappa shape index (κ1) is 19.0. The highest BCUT2D eigenvalue weighted by Crippen LogP contribution is 2.30. The van der Waals surface area contributed by atoms with Crippen molar-refractivity contribution in [2.75, 3.05) is 20.4 Å². The van der Waals surface area contributed by atoms with Crippen LogP contribution in [0.25, 0.3) is 11.3 Å². The van der Waals surface area contributed by atoms with Crippen LogP contribution in [0.2, 0.25) is 0 Å². The van der Waals surface area contributed by atoms with Crippen LogP contribution in [0.5, 0.6) is 0 Å². The second-order valence-electron chi connectivity index (χ2n) is 6.45. The summed E-state index contributed by atoms with van der Waals surface area (Å²) in [5, 5.41) is 4.62. The van der Waals surface area contributed by atoms with Crippen molar-refractivity contribution in [3.8, 4) is 11.3 Å². The number of aromatic nitrogens is 2. The van der Waals surface area contributed by atoms with Crippen LogP contribution in [0.15, 0.2) is 40.0 Å². The monoisotopic (exact) mass is 365 g/mol. The Bertz CT molecular complexity index is 711. The fraction of sp³-hybridized carbons (Fsp3) is 0.444. The molecule has 4 nitrogen and oxygen atoms in total. The minimum atomic E-state index is 0. The van der Waals surface area contributed by atoms with E-state index in [0.29, 0.717) is 12.5 Å². The Balaban J connectivity index is 0.00000208. The zero-order valence-electron chi connectivity index (χ0n) is 14.4. The minimum Gasteiger partial charge on any atom is -0.305 e. The first-order valence-corrected chi connectivity index (χ1v) is 9.19. The van der Waals surface area contributed by atoms with Crippen molar-refractivity contribution in [1.29, 1.82) is 0 Å². The molecular weight excluding hydrogens is 342 g/mol. The smallest absolute Gasteiger partial charge is 0.271 e. The van der Waals surface area contributed by atoms with E-state index in [1.807, 2.05) is 25.1 Å². The van der Waals surface area contributed by atoms with Crippen LogP contribution >= 0.6 is 24.2 Å². The van der Waals surface area contributed by atoms with Crippen molar-refractivity contribution in [3.63, 3.8) is 0 Å². The maximum atomic E-state index is 12.6. The standard InChI is InChI=1S/C18H23N3OS.ClH/c1-20(2)12-15-10-17(14-6-8-16(23-3)9-7-14)19-21(18(15)22)11-13-4-5-13;/h6-10,13H,4-5,11-12H2,1-3H3;1H. The minimum absolute atomic E-state index is 0. The third-order valence-corrected chi connectivity index (χ3v) is 4.79. The Morgan fingerprint density at radius 3 is 2.46 bits per heavy atom. The number of benzene rings is 1. The Morgan fingerprint density at radius 2 is 1.92 bits per heavy atom. The van der Waals surface area contributed by atoms with E-state index in [9.17, 15) is 4.79 Å². The molecule has 2 aromatic rings. The van der Waals surface area contributed by atoms with E-state index in [0.717, 1.165) is 23.4 Å². The fourth-order valence-corrected chi connectivity index (χ4v) is 3.03. The highest BCUT2D eigenvalue weighted by Gasteiger charge is 2.23. The summed E-state index contributed by atoms with van der Waals surface area (Å²) in [6, 6.07) is 10.3. The summed E-state index contributed by atoms with van der Waals surface area (Å²) in [7, 11) is 3.97. The molecule has 1 aromatic carbocycles. The summed E-state index contributed by atoms with van der Waals surface area (Å²) in [4.78, 5) is 15.9. The van der Waals surface area contributed by atoms with Crippen molar-refractivity contribution in [3.05, 3.63) is 46.2 Å². The molecule has 6 heteroatoms. The van der Waals surface area contributed by atoms with Gasteiger partial charge in [-0.3, -0.25) is 4.79 Å². The summed E-state index contributed by atoms with van der Waals surface area (Å²) in [6.45, 7) is 1.39. The molecule has 0 amide bonds. The second-order valence-corrected chi connectivity index (χ2v) is 7.33. The van der Waals surface area contributed by atoms with Gasteiger partial charge in [-0.05, 0) is 57.3 Å². The van der Waals surface area contributed by atoms with Crippen LogP contribution in [0.3, 0.4) is 0 Å². The molecule has 0 N–H and O–H groups in total. The van der Waals surface area contributed by atoms with Gasteiger partial charge >= 0.3 is 0 Å². The van der Waals surface area contributed by atoms with E-state index in [2.05, 4.69) is 35.6 Å². The Hall–Kier alpha value is -1.30. The molecule has 0 spiro atoms. The average molecular weight is 366 g/mol. The molecule has 0 aliphatic heterocycles. The SMILES string of the molecule is CSc1ccc(-c2cc(CN(C)C)c(=O)n(CC3CC3)n2)cc1.Cl. The second kappa shape index (κ2) is 8.19. The number of halogens is 1. The van der Waals surface area contributed by atoms with Crippen LogP contribution in [0.4, 0.5) is 0 Å². The Labute approximate surface area is 153 Å². The summed E-state index contributed by atoms with van der Waals surface area (Å²) >= 11 is 1.72. The maximum absolute atomic E-state index is 12.6. The zero-order valence-corrected chi connectivity index (χ0v) is 16.0. The van der Waals surface area contributed by atoms with E-state index in [-0.39, 0.29) is 18.0 Å². The van der Waals surface area contributed by atoms with Crippen molar-refractivity contribution in [1.82, 2.24) is 14.7 Å². The largest absolute Gasteiger partial charge is 0.305 e. The number of hydrogen-bond acceptors (Lipinski definition) is 4. The molecule has 1 aliphatic carbocycles. The molecule has 1 fully saturated rings. The zero-order chi connectivity index (χ0) is 16.4. The highest BCUT2D eigenvalue weighted by atomic mass is 35.5. The summed E-state index contributed by atoms with van der Waals surface area (Å²) < 4.78 is 1.67. The predicted octanol–water partition coefficient (Wildman–Crippen LogP) is 3.53. The van der Waals surface area contributed by atoms with E-state index in [1.54, 1.807) is 16.4 Å². The van der Waals surface area contributed by atoms with Gasteiger partial charge in [0.25, 0.3) is 5.56 Å². The van der Waals surface area contributed by atoms with Gasteiger partial charge < -0.3 is 4.90 Å². The Morgan fingerprint density at radius 1 is 1.25 bits per heavy atom. The van der Waals surface area contributed by atoms with Crippen LogP contribution in [0.1, 0.15) is 18.4 Å². The van der Waals surface area contributed by atoms with Gasteiger partial charge in [0.2, 0.25) is 0 Å². The average Bonchev–Trinajstić information content (AvgIpc) is 3.35. The number of rotatable bonds is 6. The molecule has 1 aliphatic rings. The number of nitrogens with zero attached hydrogens (tertiary/aromatic N) is 3. The molecule has 24 heavy (non-hydrogen) atoms. The van der Waals surface area contributed by atoms with Crippen molar-refractivity contribution in [2.45, 2.75) is 30.8 Å². The topological polar surface area (TPSA) is 38.1 Å². The van der Waals surface area contributed by atoms with Crippen LogP contribution in [-0.2, 0) is 13.1 Å². The lowest BCUT2D eigenvalue weighted by atomic mass is 10.1. The maximum Gasteiger partial charge on any atom is 0.271 e. The first-order valence-electron chi connectivity index (χ1n) is 7.97. The molecule has 1 saturated carbocycles. The Kier molecular flexibility index (Phi) is 6.49. The number of thioether (sulfide) groups is 1. The van der Waals surface area contributed by atoms with Gasteiger partial charge in [0, 0.05) is 29.1 Å². The van der Waals surface area contributed by atoms with Crippen LogP contribution in [-0.4, -0.2) is 35.0 Å². The third kappa shape index (κ3) is 4.62. The van der Waals surface area contributed by atoms with E-state index < -0.39 is 0 Å².